The third-order valence-electron chi connectivity index (χ3n) is 4.17. The van der Waals surface area contributed by atoms with Crippen LogP contribution in [0.3, 0.4) is 0 Å². The molecule has 0 radical (unpaired) electrons. The van der Waals surface area contributed by atoms with Gasteiger partial charge in [0.05, 0.1) is 21.8 Å². The number of benzene rings is 2. The van der Waals surface area contributed by atoms with Crippen LogP contribution in [-0.4, -0.2) is 34.0 Å². The van der Waals surface area contributed by atoms with E-state index in [4.69, 9.17) is 5.73 Å². The molecule has 0 saturated carbocycles. The fourth-order valence-electron chi connectivity index (χ4n) is 2.80. The molecule has 8 heteroatoms. The molecule has 0 unspecified atom stereocenters. The van der Waals surface area contributed by atoms with Gasteiger partial charge in [-0.2, -0.15) is 0 Å². The summed E-state index contributed by atoms with van der Waals surface area (Å²) in [7, 11) is 3.88. The molecule has 144 valence electrons. The monoisotopic (exact) mass is 378 g/mol. The molecule has 0 aliphatic rings. The van der Waals surface area contributed by atoms with Crippen LogP contribution in [0, 0.1) is 13.8 Å². The van der Waals surface area contributed by atoms with Crippen LogP contribution in [0.2, 0.25) is 0 Å². The number of aromatic nitrogens is 4. The lowest BCUT2D eigenvalue weighted by atomic mass is 10.2. The molecule has 0 fully saturated rings. The fourth-order valence-corrected chi connectivity index (χ4v) is 2.80. The highest BCUT2D eigenvalue weighted by molar-refractivity contribution is 5.82. The van der Waals surface area contributed by atoms with Gasteiger partial charge >= 0.3 is 0 Å². The van der Waals surface area contributed by atoms with Gasteiger partial charge in [0.2, 0.25) is 0 Å². The predicted molar refractivity (Wildman–Crippen MR) is 113 cm³/mol. The lowest BCUT2D eigenvalue weighted by molar-refractivity contribution is 1.06. The van der Waals surface area contributed by atoms with Gasteiger partial charge in [0.25, 0.3) is 11.1 Å². The van der Waals surface area contributed by atoms with Crippen LogP contribution in [0.5, 0.6) is 0 Å². The van der Waals surface area contributed by atoms with Crippen molar-refractivity contribution in [2.45, 2.75) is 13.8 Å². The van der Waals surface area contributed by atoms with Crippen molar-refractivity contribution < 1.29 is 0 Å². The van der Waals surface area contributed by atoms with Crippen LogP contribution in [0.15, 0.2) is 46.0 Å². The smallest absolute Gasteiger partial charge is 0.258 e. The van der Waals surface area contributed by atoms with Crippen LogP contribution in [-0.2, 0) is 0 Å². The average Bonchev–Trinajstić information content (AvgIpc) is 2.62. The second-order valence-corrected chi connectivity index (χ2v) is 6.68. The van der Waals surface area contributed by atoms with E-state index in [1.54, 1.807) is 32.0 Å². The zero-order valence-corrected chi connectivity index (χ0v) is 16.2. The molecule has 0 bridgehead atoms. The van der Waals surface area contributed by atoms with E-state index in [1.807, 2.05) is 37.2 Å². The Morgan fingerprint density at radius 3 is 1.86 bits per heavy atom. The quantitative estimate of drug-likeness (QED) is 0.436. The maximum atomic E-state index is 11.7. The van der Waals surface area contributed by atoms with Crippen LogP contribution >= 0.6 is 0 Å². The number of fused-ring (bicyclic) bond motifs is 2. The van der Waals surface area contributed by atoms with Crippen LogP contribution < -0.4 is 21.8 Å². The molecule has 0 atom stereocenters. The van der Waals surface area contributed by atoms with Crippen molar-refractivity contribution in [3.63, 3.8) is 0 Å². The molecule has 0 saturated heterocycles. The number of nitrogen functional groups attached to an aromatic ring is 1. The zero-order valence-electron chi connectivity index (χ0n) is 16.2. The van der Waals surface area contributed by atoms with Crippen LogP contribution in [0.25, 0.3) is 21.8 Å². The van der Waals surface area contributed by atoms with Crippen molar-refractivity contribution in [1.82, 2.24) is 19.9 Å². The summed E-state index contributed by atoms with van der Waals surface area (Å²) in [5, 5.41) is 1.16. The fraction of sp³-hybridized carbons (Fsp3) is 0.200. The molecule has 2 heterocycles. The van der Waals surface area contributed by atoms with E-state index in [0.717, 1.165) is 11.2 Å². The second-order valence-electron chi connectivity index (χ2n) is 6.68. The summed E-state index contributed by atoms with van der Waals surface area (Å²) in [6, 6.07) is 10.8. The molecule has 0 aliphatic heterocycles. The minimum absolute atomic E-state index is 0.0822. The number of rotatable bonds is 1. The highest BCUT2D eigenvalue weighted by Crippen LogP contribution is 2.16. The Hall–Kier alpha value is -3.68. The summed E-state index contributed by atoms with van der Waals surface area (Å²) >= 11 is 0. The summed E-state index contributed by atoms with van der Waals surface area (Å²) in [6.07, 6.45) is 0. The molecule has 8 nitrogen and oxygen atoms in total. The average molecular weight is 378 g/mol. The molecule has 2 aromatic heterocycles. The van der Waals surface area contributed by atoms with Gasteiger partial charge in [-0.05, 0) is 50.2 Å². The standard InChI is InChI=1S/C11H13N3O.C9H9N3O/c1-7-12-10-5-4-8(14(2)3)6-9(10)11(15)13-7;1-5-11-8-3-2-6(10)4-7(8)9(13)12-5/h4-6H,1-3H3,(H,12,13,15);2-4H,10H2,1H3,(H,11,12,13). The zero-order chi connectivity index (χ0) is 20.4. The lowest BCUT2D eigenvalue weighted by Crippen LogP contribution is -2.12. The Labute approximate surface area is 161 Å². The van der Waals surface area contributed by atoms with Gasteiger partial charge in [-0.1, -0.05) is 0 Å². The summed E-state index contributed by atoms with van der Waals surface area (Å²) in [6.45, 7) is 3.53. The SMILES string of the molecule is Cc1nc2ccc(N(C)C)cc2c(=O)[nH]1.Cc1nc2ccc(N)cc2c(=O)[nH]1. The number of hydrogen-bond donors (Lipinski definition) is 3. The summed E-state index contributed by atoms with van der Waals surface area (Å²) in [4.78, 5) is 38.8. The number of nitrogens with zero attached hydrogens (tertiary/aromatic N) is 3. The molecule has 4 N–H and O–H groups in total. The van der Waals surface area contributed by atoms with Gasteiger partial charge in [0.15, 0.2) is 0 Å². The number of aromatic amines is 2. The first-order valence-corrected chi connectivity index (χ1v) is 8.69. The Morgan fingerprint density at radius 1 is 0.821 bits per heavy atom. The molecular weight excluding hydrogens is 356 g/mol. The van der Waals surface area contributed by atoms with E-state index in [1.165, 1.54) is 0 Å². The van der Waals surface area contributed by atoms with Crippen molar-refractivity contribution in [2.24, 2.45) is 0 Å². The van der Waals surface area contributed by atoms with Crippen molar-refractivity contribution >= 4 is 33.2 Å². The van der Waals surface area contributed by atoms with Gasteiger partial charge < -0.3 is 20.6 Å². The highest BCUT2D eigenvalue weighted by atomic mass is 16.1. The Morgan fingerprint density at radius 2 is 1.32 bits per heavy atom. The molecule has 4 rings (SSSR count). The maximum absolute atomic E-state index is 11.7. The van der Waals surface area contributed by atoms with E-state index in [-0.39, 0.29) is 11.1 Å². The van der Waals surface area contributed by atoms with Gasteiger partial charge in [-0.15, -0.1) is 0 Å². The van der Waals surface area contributed by atoms with Crippen molar-refractivity contribution in [3.8, 4) is 0 Å². The Bertz CT molecular complexity index is 1270. The first-order chi connectivity index (χ1) is 13.2. The van der Waals surface area contributed by atoms with Crippen molar-refractivity contribution in [3.05, 3.63) is 68.8 Å². The molecular formula is C20H22N6O2. The molecule has 0 aliphatic carbocycles. The normalized spacial score (nSPS) is 10.6. The topological polar surface area (TPSA) is 121 Å². The number of nitrogens with one attached hydrogen (secondary N) is 2. The summed E-state index contributed by atoms with van der Waals surface area (Å²) < 4.78 is 0. The second kappa shape index (κ2) is 7.51. The van der Waals surface area contributed by atoms with E-state index >= 15 is 0 Å². The van der Waals surface area contributed by atoms with Crippen LogP contribution in [0.4, 0.5) is 11.4 Å². The Kier molecular flexibility index (Phi) is 5.12. The third-order valence-corrected chi connectivity index (χ3v) is 4.17. The molecule has 2 aromatic carbocycles. The lowest BCUT2D eigenvalue weighted by Gasteiger charge is -2.12. The van der Waals surface area contributed by atoms with Gasteiger partial charge in [-0.25, -0.2) is 9.97 Å². The Balaban J connectivity index is 0.000000162. The number of nitrogens with two attached hydrogens (primary N) is 1. The number of anilines is 2. The van der Waals surface area contributed by atoms with Crippen molar-refractivity contribution in [2.75, 3.05) is 24.7 Å². The first-order valence-electron chi connectivity index (χ1n) is 8.69. The molecule has 4 aromatic rings. The highest BCUT2D eigenvalue weighted by Gasteiger charge is 2.03. The van der Waals surface area contributed by atoms with E-state index in [2.05, 4.69) is 19.9 Å². The van der Waals surface area contributed by atoms with E-state index < -0.39 is 0 Å². The minimum Gasteiger partial charge on any atom is -0.399 e. The minimum atomic E-state index is -0.144. The largest absolute Gasteiger partial charge is 0.399 e. The molecule has 0 amide bonds. The first kappa shape index (κ1) is 19.1. The third kappa shape index (κ3) is 4.01. The maximum Gasteiger partial charge on any atom is 0.258 e. The molecule has 28 heavy (non-hydrogen) atoms. The van der Waals surface area contributed by atoms with E-state index in [9.17, 15) is 9.59 Å². The van der Waals surface area contributed by atoms with Crippen molar-refractivity contribution in [1.29, 1.82) is 0 Å². The molecule has 0 spiro atoms. The number of aryl methyl sites for hydroxylation is 2. The van der Waals surface area contributed by atoms with Gasteiger partial charge in [0.1, 0.15) is 11.6 Å². The van der Waals surface area contributed by atoms with Gasteiger partial charge in [0, 0.05) is 25.5 Å². The summed E-state index contributed by atoms with van der Waals surface area (Å²) in [5.74, 6) is 1.26. The predicted octanol–water partition coefficient (Wildman–Crippen LogP) is 2.11. The van der Waals surface area contributed by atoms with E-state index in [0.29, 0.717) is 33.6 Å². The van der Waals surface area contributed by atoms with Gasteiger partial charge in [-0.3, -0.25) is 9.59 Å². The van der Waals surface area contributed by atoms with Crippen LogP contribution in [0.1, 0.15) is 11.6 Å². The number of H-pyrrole nitrogens is 2. The number of hydrogen-bond acceptors (Lipinski definition) is 6. The summed E-state index contributed by atoms with van der Waals surface area (Å²) in [5.41, 5.74) is 8.31.